The predicted octanol–water partition coefficient (Wildman–Crippen LogP) is 2.39. The lowest BCUT2D eigenvalue weighted by Crippen LogP contribution is -2.28. The summed E-state index contributed by atoms with van der Waals surface area (Å²) >= 11 is 1.63. The molecule has 0 aliphatic heterocycles. The van der Waals surface area contributed by atoms with Gasteiger partial charge in [0.25, 0.3) is 5.91 Å². The van der Waals surface area contributed by atoms with Crippen LogP contribution in [0, 0.1) is 13.8 Å². The van der Waals surface area contributed by atoms with Crippen LogP contribution in [0.25, 0.3) is 0 Å². The number of aryl methyl sites for hydroxylation is 2. The molecule has 0 aromatic carbocycles. The molecule has 0 bridgehead atoms. The maximum absolute atomic E-state index is 12.1. The molecule has 0 fully saturated rings. The van der Waals surface area contributed by atoms with Crippen LogP contribution in [0.4, 0.5) is 0 Å². The molecule has 0 unspecified atom stereocenters. The second-order valence-corrected chi connectivity index (χ2v) is 5.69. The minimum atomic E-state index is -0.238. The van der Waals surface area contributed by atoms with Gasteiger partial charge < -0.3 is 9.64 Å². The van der Waals surface area contributed by atoms with Crippen molar-refractivity contribution in [3.05, 3.63) is 21.4 Å². The lowest BCUT2D eigenvalue weighted by Gasteiger charge is -2.16. The fourth-order valence-electron chi connectivity index (χ4n) is 1.71. The average Bonchev–Trinajstić information content (AvgIpc) is 2.67. The number of esters is 1. The topological polar surface area (TPSA) is 46.6 Å². The highest BCUT2D eigenvalue weighted by molar-refractivity contribution is 7.12. The van der Waals surface area contributed by atoms with Crippen molar-refractivity contribution in [2.75, 3.05) is 20.7 Å². The number of hydrogen-bond acceptors (Lipinski definition) is 4. The molecule has 100 valence electrons. The van der Waals surface area contributed by atoms with E-state index < -0.39 is 0 Å². The second-order valence-electron chi connectivity index (χ2n) is 4.23. The fourth-order valence-corrected chi connectivity index (χ4v) is 2.63. The van der Waals surface area contributed by atoms with Crippen molar-refractivity contribution in [3.8, 4) is 0 Å². The Hall–Kier alpha value is -1.36. The molecule has 0 spiro atoms. The van der Waals surface area contributed by atoms with Gasteiger partial charge in [-0.2, -0.15) is 0 Å². The first kappa shape index (κ1) is 14.7. The third-order valence-corrected chi connectivity index (χ3v) is 3.69. The Morgan fingerprint density at radius 2 is 2.06 bits per heavy atom. The van der Waals surface area contributed by atoms with E-state index in [1.54, 1.807) is 23.3 Å². The normalized spacial score (nSPS) is 10.2. The van der Waals surface area contributed by atoms with Gasteiger partial charge in [0, 0.05) is 29.8 Å². The van der Waals surface area contributed by atoms with Gasteiger partial charge in [0.05, 0.1) is 12.7 Å². The lowest BCUT2D eigenvalue weighted by molar-refractivity contribution is -0.140. The van der Waals surface area contributed by atoms with E-state index >= 15 is 0 Å². The van der Waals surface area contributed by atoms with E-state index in [-0.39, 0.29) is 11.9 Å². The highest BCUT2D eigenvalue weighted by atomic mass is 32.1. The van der Waals surface area contributed by atoms with Gasteiger partial charge in [0.1, 0.15) is 0 Å². The summed E-state index contributed by atoms with van der Waals surface area (Å²) in [5.41, 5.74) is 0.762. The minimum absolute atomic E-state index is 0.0155. The SMILES string of the molecule is COC(=O)CCCN(C)C(=O)c1cc(C)sc1C. The lowest BCUT2D eigenvalue weighted by atomic mass is 10.2. The van der Waals surface area contributed by atoms with Gasteiger partial charge >= 0.3 is 5.97 Å². The fraction of sp³-hybridized carbons (Fsp3) is 0.538. The Kier molecular flexibility index (Phi) is 5.34. The summed E-state index contributed by atoms with van der Waals surface area (Å²) in [7, 11) is 3.13. The Morgan fingerprint density at radius 3 is 2.56 bits per heavy atom. The maximum Gasteiger partial charge on any atom is 0.305 e. The molecule has 0 saturated carbocycles. The molecule has 0 radical (unpaired) electrons. The van der Waals surface area contributed by atoms with Crippen LogP contribution >= 0.6 is 11.3 Å². The molecule has 1 rings (SSSR count). The summed E-state index contributed by atoms with van der Waals surface area (Å²) in [5, 5.41) is 0. The highest BCUT2D eigenvalue weighted by Gasteiger charge is 2.16. The molecule has 0 saturated heterocycles. The summed E-state index contributed by atoms with van der Waals surface area (Å²) in [5.74, 6) is -0.222. The molecule has 5 heteroatoms. The van der Waals surface area contributed by atoms with Crippen molar-refractivity contribution in [1.29, 1.82) is 0 Å². The Morgan fingerprint density at radius 1 is 1.39 bits per heavy atom. The van der Waals surface area contributed by atoms with Crippen LogP contribution in [0.5, 0.6) is 0 Å². The molecule has 1 heterocycles. The highest BCUT2D eigenvalue weighted by Crippen LogP contribution is 2.21. The number of rotatable bonds is 5. The number of thiophene rings is 1. The molecule has 18 heavy (non-hydrogen) atoms. The summed E-state index contributed by atoms with van der Waals surface area (Å²) in [6.07, 6.45) is 0.965. The molecule has 1 aromatic heterocycles. The van der Waals surface area contributed by atoms with Gasteiger partial charge in [-0.3, -0.25) is 9.59 Å². The minimum Gasteiger partial charge on any atom is -0.469 e. The molecule has 0 atom stereocenters. The molecule has 0 aliphatic carbocycles. The number of carbonyl (C=O) groups excluding carboxylic acids is 2. The Labute approximate surface area is 112 Å². The first-order valence-corrected chi connectivity index (χ1v) is 6.66. The zero-order valence-corrected chi connectivity index (χ0v) is 12.1. The Balaban J connectivity index is 2.51. The Bertz CT molecular complexity index is 439. The molecular formula is C13H19NO3S. The number of nitrogens with zero attached hydrogens (tertiary/aromatic N) is 1. The smallest absolute Gasteiger partial charge is 0.305 e. The van der Waals surface area contributed by atoms with Crippen molar-refractivity contribution >= 4 is 23.2 Å². The largest absolute Gasteiger partial charge is 0.469 e. The van der Waals surface area contributed by atoms with E-state index in [2.05, 4.69) is 4.74 Å². The van der Waals surface area contributed by atoms with Crippen LogP contribution in [-0.4, -0.2) is 37.5 Å². The van der Waals surface area contributed by atoms with Gasteiger partial charge in [-0.1, -0.05) is 0 Å². The molecular weight excluding hydrogens is 250 g/mol. The summed E-state index contributed by atoms with van der Waals surface area (Å²) < 4.78 is 4.56. The van der Waals surface area contributed by atoms with Crippen LogP contribution in [0.1, 0.15) is 33.0 Å². The third-order valence-electron chi connectivity index (χ3n) is 2.72. The van der Waals surface area contributed by atoms with Crippen molar-refractivity contribution < 1.29 is 14.3 Å². The molecule has 1 amide bonds. The summed E-state index contributed by atoms with van der Waals surface area (Å²) in [4.78, 5) is 26.9. The zero-order valence-electron chi connectivity index (χ0n) is 11.3. The molecule has 0 N–H and O–H groups in total. The van der Waals surface area contributed by atoms with Crippen molar-refractivity contribution in [1.82, 2.24) is 4.90 Å². The van der Waals surface area contributed by atoms with E-state index in [9.17, 15) is 9.59 Å². The third kappa shape index (κ3) is 3.84. The number of hydrogen-bond donors (Lipinski definition) is 0. The van der Waals surface area contributed by atoms with Crippen LogP contribution < -0.4 is 0 Å². The van der Waals surface area contributed by atoms with Gasteiger partial charge in [-0.25, -0.2) is 0 Å². The van der Waals surface area contributed by atoms with E-state index in [4.69, 9.17) is 0 Å². The van der Waals surface area contributed by atoms with Crippen LogP contribution in [-0.2, 0) is 9.53 Å². The predicted molar refractivity (Wildman–Crippen MR) is 72.0 cm³/mol. The van der Waals surface area contributed by atoms with E-state index in [0.717, 1.165) is 15.3 Å². The van der Waals surface area contributed by atoms with Crippen molar-refractivity contribution in [2.24, 2.45) is 0 Å². The van der Waals surface area contributed by atoms with Crippen LogP contribution in [0.2, 0.25) is 0 Å². The maximum atomic E-state index is 12.1. The van der Waals surface area contributed by atoms with Crippen LogP contribution in [0.3, 0.4) is 0 Å². The van der Waals surface area contributed by atoms with Gasteiger partial charge in [0.2, 0.25) is 0 Å². The summed E-state index contributed by atoms with van der Waals surface area (Å²) in [6, 6.07) is 1.92. The standard InChI is InChI=1S/C13H19NO3S/c1-9-8-11(10(2)18-9)13(16)14(3)7-5-6-12(15)17-4/h8H,5-7H2,1-4H3. The molecule has 0 aliphatic rings. The zero-order chi connectivity index (χ0) is 13.7. The first-order valence-electron chi connectivity index (χ1n) is 5.85. The number of methoxy groups -OCH3 is 1. The number of carbonyl (C=O) groups is 2. The van der Waals surface area contributed by atoms with E-state index in [1.165, 1.54) is 7.11 Å². The first-order chi connectivity index (χ1) is 8.45. The molecule has 4 nitrogen and oxygen atoms in total. The quantitative estimate of drug-likeness (QED) is 0.771. The van der Waals surface area contributed by atoms with E-state index in [0.29, 0.717) is 19.4 Å². The average molecular weight is 269 g/mol. The van der Waals surface area contributed by atoms with Crippen molar-refractivity contribution in [2.45, 2.75) is 26.7 Å². The van der Waals surface area contributed by atoms with Gasteiger partial charge in [-0.15, -0.1) is 11.3 Å². The summed E-state index contributed by atoms with van der Waals surface area (Å²) in [6.45, 7) is 4.50. The van der Waals surface area contributed by atoms with Crippen molar-refractivity contribution in [3.63, 3.8) is 0 Å². The number of amides is 1. The second kappa shape index (κ2) is 6.54. The molecule has 1 aromatic rings. The van der Waals surface area contributed by atoms with Crippen LogP contribution in [0.15, 0.2) is 6.07 Å². The van der Waals surface area contributed by atoms with Gasteiger partial charge in [0.15, 0.2) is 0 Å². The monoisotopic (exact) mass is 269 g/mol. The number of ether oxygens (including phenoxy) is 1. The van der Waals surface area contributed by atoms with Gasteiger partial charge in [-0.05, 0) is 26.3 Å². The van der Waals surface area contributed by atoms with E-state index in [1.807, 2.05) is 19.9 Å².